The summed E-state index contributed by atoms with van der Waals surface area (Å²) in [7, 11) is 0. The number of amides is 1. The number of nitrogens with zero attached hydrogens (tertiary/aromatic N) is 1. The highest BCUT2D eigenvalue weighted by molar-refractivity contribution is 5.98. The van der Waals surface area contributed by atoms with Crippen LogP contribution < -0.4 is 10.1 Å². The second-order valence-electron chi connectivity index (χ2n) is 12.9. The van der Waals surface area contributed by atoms with Crippen molar-refractivity contribution in [3.63, 3.8) is 0 Å². The number of ether oxygens (including phenoxy) is 1. The Morgan fingerprint density at radius 1 is 1.07 bits per heavy atom. The number of aromatic hydroxyl groups is 1. The van der Waals surface area contributed by atoms with E-state index in [4.69, 9.17) is 4.74 Å². The molecule has 2 aromatic carbocycles. The maximum Gasteiger partial charge on any atom is 0.330 e. The van der Waals surface area contributed by atoms with E-state index in [-0.39, 0.29) is 41.7 Å². The fourth-order valence-corrected chi connectivity index (χ4v) is 8.10. The maximum atomic E-state index is 13.6. The van der Waals surface area contributed by atoms with Gasteiger partial charge >= 0.3 is 5.97 Å². The smallest absolute Gasteiger partial charge is 0.330 e. The average molecular weight is 561 g/mol. The molecular weight excluding hydrogens is 524 g/mol. The van der Waals surface area contributed by atoms with Crippen LogP contribution in [0.2, 0.25) is 0 Å². The maximum absolute atomic E-state index is 13.6. The Morgan fingerprint density at radius 3 is 2.39 bits per heavy atom. The predicted molar refractivity (Wildman–Crippen MR) is 149 cm³/mol. The summed E-state index contributed by atoms with van der Waals surface area (Å²) in [5.74, 6) is -1.44. The van der Waals surface area contributed by atoms with Gasteiger partial charge in [0.05, 0.1) is 16.6 Å². The number of nitrogens with one attached hydrogen (secondary N) is 1. The van der Waals surface area contributed by atoms with Gasteiger partial charge in [0.1, 0.15) is 11.3 Å². The predicted octanol–water partition coefficient (Wildman–Crippen LogP) is 2.75. The van der Waals surface area contributed by atoms with Crippen LogP contribution in [0.25, 0.3) is 0 Å². The number of phenolic OH excluding ortho intramolecular Hbond substituents is 1. The minimum Gasteiger partial charge on any atom is -0.508 e. The Hall–Kier alpha value is -3.56. The highest BCUT2D eigenvalue weighted by Gasteiger charge is 2.69. The first-order valence-electron chi connectivity index (χ1n) is 14.5. The molecule has 2 fully saturated rings. The fourth-order valence-electron chi connectivity index (χ4n) is 8.10. The van der Waals surface area contributed by atoms with Gasteiger partial charge in [-0.05, 0) is 74.8 Å². The van der Waals surface area contributed by atoms with E-state index >= 15 is 0 Å². The average Bonchev–Trinajstić information content (AvgIpc) is 3.55. The summed E-state index contributed by atoms with van der Waals surface area (Å²) in [6, 6.07) is 10.6. The molecule has 2 aliphatic heterocycles. The van der Waals surface area contributed by atoms with E-state index < -0.39 is 34.5 Å². The van der Waals surface area contributed by atoms with Crippen molar-refractivity contribution in [2.45, 2.75) is 81.1 Å². The highest BCUT2D eigenvalue weighted by Crippen LogP contribution is 2.63. The molecule has 0 unspecified atom stereocenters. The first-order chi connectivity index (χ1) is 19.5. The molecular formula is C32H36N2O7. The molecule has 41 heavy (non-hydrogen) atoms. The number of likely N-dealkylation sites (tertiary alicyclic amines) is 1. The summed E-state index contributed by atoms with van der Waals surface area (Å²) in [5, 5.41) is 47.8. The number of phenols is 1. The van der Waals surface area contributed by atoms with Gasteiger partial charge < -0.3 is 30.5 Å². The van der Waals surface area contributed by atoms with Gasteiger partial charge in [-0.1, -0.05) is 30.3 Å². The van der Waals surface area contributed by atoms with Gasteiger partial charge in [0.15, 0.2) is 17.6 Å². The van der Waals surface area contributed by atoms with Crippen LogP contribution >= 0.6 is 0 Å². The van der Waals surface area contributed by atoms with Crippen LogP contribution in [0.5, 0.6) is 11.5 Å². The van der Waals surface area contributed by atoms with Crippen molar-refractivity contribution >= 4 is 11.9 Å². The van der Waals surface area contributed by atoms with Crippen LogP contribution in [0, 0.1) is 5.92 Å². The summed E-state index contributed by atoms with van der Waals surface area (Å²) in [6.45, 7) is 4.83. The van der Waals surface area contributed by atoms with Gasteiger partial charge in [0.25, 0.3) is 5.91 Å². The van der Waals surface area contributed by atoms with Crippen molar-refractivity contribution in [2.75, 3.05) is 13.1 Å². The molecule has 2 heterocycles. The second kappa shape index (κ2) is 8.72. The van der Waals surface area contributed by atoms with Crippen LogP contribution in [-0.4, -0.2) is 73.6 Å². The number of hydrogen-bond acceptors (Lipinski definition) is 7. The van der Waals surface area contributed by atoms with E-state index in [2.05, 4.69) is 10.2 Å². The molecule has 216 valence electrons. The van der Waals surface area contributed by atoms with Crippen LogP contribution in [0.3, 0.4) is 0 Å². The zero-order chi connectivity index (χ0) is 28.9. The van der Waals surface area contributed by atoms with Gasteiger partial charge in [-0.25, -0.2) is 4.79 Å². The summed E-state index contributed by atoms with van der Waals surface area (Å²) in [5.41, 5.74) is -0.673. The highest BCUT2D eigenvalue weighted by atomic mass is 16.5. The summed E-state index contributed by atoms with van der Waals surface area (Å²) < 4.78 is 6.30. The standard InChI is InChI=1S/C32H36N2O7/c1-17(28(37)33-31(29(38)39)14-20-5-3-4-6-21(20)15-31)25(36)27-32-11-12-34(16-18-7-8-18)23(30(32,2)40)13-19-9-10-22(35)26(41-27)24(19)32/h3-6,9-10,18,23,27,35-36,40H,7-8,11-16H2,1-2H3,(H,33,37)(H,38,39)/b25-17-/t23-,27+,30-,32+/m1/s1. The number of aliphatic hydroxyl groups excluding tert-OH is 1. The molecule has 9 heteroatoms. The van der Waals surface area contributed by atoms with E-state index in [1.807, 2.05) is 30.3 Å². The number of carbonyl (C=O) groups excluding carboxylic acids is 1. The lowest BCUT2D eigenvalue weighted by molar-refractivity contribution is -0.153. The topological polar surface area (TPSA) is 140 Å². The molecule has 9 nitrogen and oxygen atoms in total. The van der Waals surface area contributed by atoms with Gasteiger partial charge in [-0.3, -0.25) is 9.69 Å². The number of benzene rings is 2. The molecule has 1 saturated heterocycles. The third kappa shape index (κ3) is 3.61. The van der Waals surface area contributed by atoms with Crippen molar-refractivity contribution in [1.82, 2.24) is 10.2 Å². The zero-order valence-corrected chi connectivity index (χ0v) is 23.3. The van der Waals surface area contributed by atoms with E-state index in [1.165, 1.54) is 19.8 Å². The third-order valence-corrected chi connectivity index (χ3v) is 10.6. The lowest BCUT2D eigenvalue weighted by Gasteiger charge is -2.59. The van der Waals surface area contributed by atoms with Crippen molar-refractivity contribution in [3.05, 3.63) is 70.0 Å². The zero-order valence-electron chi connectivity index (χ0n) is 23.3. The third-order valence-electron chi connectivity index (χ3n) is 10.6. The number of carboxylic acids is 1. The minimum atomic E-state index is -1.54. The lowest BCUT2D eigenvalue weighted by Crippen LogP contribution is -2.73. The molecule has 3 aliphatic carbocycles. The molecule has 5 aliphatic rings. The molecule has 0 radical (unpaired) electrons. The number of piperidine rings is 1. The molecule has 1 spiro atoms. The summed E-state index contributed by atoms with van der Waals surface area (Å²) in [4.78, 5) is 28.4. The number of rotatable bonds is 6. The van der Waals surface area contributed by atoms with Gasteiger partial charge in [0, 0.05) is 31.0 Å². The Kier molecular flexibility index (Phi) is 5.60. The Balaban J connectivity index is 1.26. The molecule has 1 saturated carbocycles. The molecule has 7 rings (SSSR count). The lowest BCUT2D eigenvalue weighted by atomic mass is 9.53. The van der Waals surface area contributed by atoms with Crippen molar-refractivity contribution < 1.29 is 34.8 Å². The molecule has 4 atom stereocenters. The quantitative estimate of drug-likeness (QED) is 0.269. The van der Waals surface area contributed by atoms with Crippen LogP contribution in [0.4, 0.5) is 0 Å². The molecule has 5 N–H and O–H groups in total. The summed E-state index contributed by atoms with van der Waals surface area (Å²) >= 11 is 0. The van der Waals surface area contributed by atoms with Crippen LogP contribution in [-0.2, 0) is 34.3 Å². The van der Waals surface area contributed by atoms with Gasteiger partial charge in [-0.15, -0.1) is 0 Å². The SMILES string of the molecule is C/C(C(=O)NC1(C(=O)O)Cc2ccccc2C1)=C(/O)[C@@H]1Oc2c(O)ccc3c2[C@@]12CCN(CC1CC1)[C@H](C3)[C@@]2(C)O. The number of aliphatic hydroxyl groups is 2. The molecule has 2 bridgehead atoms. The van der Waals surface area contributed by atoms with E-state index in [0.29, 0.717) is 30.9 Å². The monoisotopic (exact) mass is 560 g/mol. The van der Waals surface area contributed by atoms with Gasteiger partial charge in [-0.2, -0.15) is 0 Å². The first-order valence-corrected chi connectivity index (χ1v) is 14.5. The minimum absolute atomic E-state index is 0.0758. The second-order valence-corrected chi connectivity index (χ2v) is 12.9. The number of aliphatic carboxylic acids is 1. The fraction of sp³-hybridized carbons (Fsp3) is 0.500. The van der Waals surface area contributed by atoms with E-state index in [1.54, 1.807) is 13.0 Å². The number of fused-ring (bicyclic) bond motifs is 2. The van der Waals surface area contributed by atoms with E-state index in [0.717, 1.165) is 23.2 Å². The Morgan fingerprint density at radius 2 is 1.76 bits per heavy atom. The normalized spacial score (nSPS) is 31.5. The van der Waals surface area contributed by atoms with Crippen molar-refractivity contribution in [2.24, 2.45) is 5.92 Å². The Bertz CT molecular complexity index is 1480. The van der Waals surface area contributed by atoms with Gasteiger partial charge in [0.2, 0.25) is 0 Å². The van der Waals surface area contributed by atoms with Crippen molar-refractivity contribution in [1.29, 1.82) is 0 Å². The Labute approximate surface area is 238 Å². The van der Waals surface area contributed by atoms with Crippen LogP contribution in [0.1, 0.15) is 55.4 Å². The number of carboxylic acid groups (broad SMARTS) is 1. The number of hydrogen-bond donors (Lipinski definition) is 5. The molecule has 2 aromatic rings. The largest absolute Gasteiger partial charge is 0.508 e. The van der Waals surface area contributed by atoms with Crippen molar-refractivity contribution in [3.8, 4) is 11.5 Å². The first kappa shape index (κ1) is 26.3. The number of carbonyl (C=O) groups is 2. The molecule has 1 amide bonds. The van der Waals surface area contributed by atoms with E-state index in [9.17, 15) is 30.0 Å². The summed E-state index contributed by atoms with van der Waals surface area (Å²) in [6.07, 6.45) is 2.58. The molecule has 0 aromatic heterocycles. The van der Waals surface area contributed by atoms with Crippen LogP contribution in [0.15, 0.2) is 47.7 Å².